The van der Waals surface area contributed by atoms with Crippen LogP contribution in [-0.4, -0.2) is 95.2 Å². The molecule has 1 unspecified atom stereocenters. The van der Waals surface area contributed by atoms with Crippen LogP contribution in [0.3, 0.4) is 0 Å². The Morgan fingerprint density at radius 2 is 1.25 bits per heavy atom. The van der Waals surface area contributed by atoms with Gasteiger partial charge in [-0.25, -0.2) is 4.79 Å². The number of ether oxygens (including phenoxy) is 1. The predicted octanol–water partition coefficient (Wildman–Crippen LogP) is -0.498. The van der Waals surface area contributed by atoms with E-state index in [9.17, 15) is 43.5 Å². The number of hydrogen-bond acceptors (Lipinski definition) is 10. The number of Topliss-reactive ketones (excluding diaryl/α,β-unsaturated/α-hetero) is 1. The van der Waals surface area contributed by atoms with Gasteiger partial charge in [0.2, 0.25) is 29.4 Å². The van der Waals surface area contributed by atoms with Gasteiger partial charge in [-0.2, -0.15) is 0 Å². The SMILES string of the molecule is CC(C)C[C@H](NC(=O)OCc1ccccc1)C(=O)NC(Cc1ccccc1)C(=O)C(=O)N[C@@H](C)C(=O)N[C@@H](CCC(=O)O)C(=O)N[C@@H](CCCN=C(N)N)C(N)=O. The molecule has 5 atom stereocenters. The summed E-state index contributed by atoms with van der Waals surface area (Å²) in [5, 5.41) is 21.3. The first-order valence-corrected chi connectivity index (χ1v) is 18.3. The van der Waals surface area contributed by atoms with E-state index in [1.165, 1.54) is 6.92 Å². The molecule has 0 saturated heterocycles. The van der Waals surface area contributed by atoms with Crippen LogP contribution in [0.4, 0.5) is 4.79 Å². The van der Waals surface area contributed by atoms with Gasteiger partial charge in [-0.05, 0) is 49.7 Å². The minimum Gasteiger partial charge on any atom is -0.481 e. The van der Waals surface area contributed by atoms with Crippen molar-refractivity contribution in [2.24, 2.45) is 28.1 Å². The summed E-state index contributed by atoms with van der Waals surface area (Å²) in [6, 6.07) is 10.7. The summed E-state index contributed by atoms with van der Waals surface area (Å²) in [5.41, 5.74) is 17.3. The molecule has 0 heterocycles. The number of hydrogen-bond donors (Lipinski definition) is 9. The zero-order valence-corrected chi connectivity index (χ0v) is 32.2. The van der Waals surface area contributed by atoms with Crippen LogP contribution in [0.5, 0.6) is 0 Å². The third-order valence-corrected chi connectivity index (χ3v) is 8.29. The van der Waals surface area contributed by atoms with Crippen molar-refractivity contribution in [3.05, 3.63) is 71.8 Å². The lowest BCUT2D eigenvalue weighted by atomic mass is 9.99. The number of carbonyl (C=O) groups is 8. The van der Waals surface area contributed by atoms with Gasteiger partial charge in [0.1, 0.15) is 36.8 Å². The quantitative estimate of drug-likeness (QED) is 0.0281. The minimum atomic E-state index is -1.49. The number of aliphatic imine (C=N–C) groups is 1. The molecule has 0 bridgehead atoms. The van der Waals surface area contributed by atoms with Gasteiger partial charge in [0, 0.05) is 19.4 Å². The fourth-order valence-electron chi connectivity index (χ4n) is 5.33. The number of nitrogens with one attached hydrogen (secondary N) is 5. The van der Waals surface area contributed by atoms with Crippen LogP contribution in [0.25, 0.3) is 0 Å². The van der Waals surface area contributed by atoms with Crippen LogP contribution in [0.2, 0.25) is 0 Å². The molecule has 0 saturated carbocycles. The molecule has 2 aromatic rings. The molecule has 0 radical (unpaired) electrons. The standard InChI is InChI=1S/C38H53N9O10/c1-22(2)19-29(47-38(56)57-21-25-13-8-5-9-14-25)35(54)46-28(20-24-11-6-4-7-12-24)31(50)36(55)43-23(3)33(52)45-27(16-17-30(48)49)34(53)44-26(32(39)51)15-10-18-42-37(40)41/h4-9,11-14,22-23,26-29H,10,15-21H2,1-3H3,(H2,39,51)(H,43,55)(H,44,53)(H,45,52)(H,46,54)(H,47,56)(H,48,49)(H4,40,41,42)/t23-,26-,27-,28?,29-/m0/s1. The normalized spacial score (nSPS) is 13.3. The van der Waals surface area contributed by atoms with Crippen LogP contribution in [-0.2, 0) is 51.3 Å². The maximum Gasteiger partial charge on any atom is 0.408 e. The molecular formula is C38H53N9O10. The van der Waals surface area contributed by atoms with Crippen molar-refractivity contribution in [2.45, 2.75) is 96.1 Å². The number of amides is 6. The molecule has 0 aliphatic heterocycles. The summed E-state index contributed by atoms with van der Waals surface area (Å²) in [6.07, 6.45) is -1.51. The molecule has 6 amide bonds. The van der Waals surface area contributed by atoms with Crippen molar-refractivity contribution in [2.75, 3.05) is 6.54 Å². The van der Waals surface area contributed by atoms with E-state index in [-0.39, 0.29) is 50.7 Å². The second kappa shape index (κ2) is 24.1. The van der Waals surface area contributed by atoms with Gasteiger partial charge in [-0.1, -0.05) is 74.5 Å². The van der Waals surface area contributed by atoms with Crippen LogP contribution >= 0.6 is 0 Å². The first-order chi connectivity index (χ1) is 27.0. The number of primary amides is 1. The van der Waals surface area contributed by atoms with Gasteiger partial charge in [0.05, 0.1) is 0 Å². The average molecular weight is 796 g/mol. The Balaban J connectivity index is 2.18. The van der Waals surface area contributed by atoms with Gasteiger partial charge < -0.3 is 53.6 Å². The molecule has 0 fully saturated rings. The van der Waals surface area contributed by atoms with Crippen molar-refractivity contribution in [1.82, 2.24) is 26.6 Å². The first-order valence-electron chi connectivity index (χ1n) is 18.3. The molecule has 0 aliphatic rings. The fourth-order valence-corrected chi connectivity index (χ4v) is 5.33. The highest BCUT2D eigenvalue weighted by molar-refractivity contribution is 6.38. The Labute approximate surface area is 330 Å². The van der Waals surface area contributed by atoms with Gasteiger partial charge in [-0.15, -0.1) is 0 Å². The smallest absolute Gasteiger partial charge is 0.408 e. The molecule has 0 aliphatic carbocycles. The number of rotatable bonds is 24. The van der Waals surface area contributed by atoms with Gasteiger partial charge >= 0.3 is 12.1 Å². The lowest BCUT2D eigenvalue weighted by Crippen LogP contribution is -2.58. The summed E-state index contributed by atoms with van der Waals surface area (Å²) in [7, 11) is 0. The number of carbonyl (C=O) groups excluding carboxylic acids is 7. The zero-order valence-electron chi connectivity index (χ0n) is 32.2. The summed E-state index contributed by atoms with van der Waals surface area (Å²) < 4.78 is 5.28. The average Bonchev–Trinajstić information content (AvgIpc) is 3.16. The molecular weight excluding hydrogens is 742 g/mol. The molecule has 0 aromatic heterocycles. The second-order valence-electron chi connectivity index (χ2n) is 13.6. The van der Waals surface area contributed by atoms with Crippen LogP contribution in [0.15, 0.2) is 65.7 Å². The van der Waals surface area contributed by atoms with Gasteiger partial charge in [0.15, 0.2) is 5.96 Å². The lowest BCUT2D eigenvalue weighted by molar-refractivity contribution is -0.141. The molecule has 310 valence electrons. The topological polar surface area (TPSA) is 317 Å². The predicted molar refractivity (Wildman–Crippen MR) is 208 cm³/mol. The van der Waals surface area contributed by atoms with E-state index in [1.54, 1.807) is 54.6 Å². The van der Waals surface area contributed by atoms with Crippen molar-refractivity contribution >= 4 is 53.3 Å². The maximum absolute atomic E-state index is 13.6. The highest BCUT2D eigenvalue weighted by Crippen LogP contribution is 2.10. The number of alkyl carbamates (subject to hydrolysis) is 1. The van der Waals surface area contributed by atoms with E-state index >= 15 is 0 Å². The summed E-state index contributed by atoms with van der Waals surface area (Å²) in [6.45, 7) is 4.95. The summed E-state index contributed by atoms with van der Waals surface area (Å²) in [4.78, 5) is 107. The molecule has 2 rings (SSSR count). The number of nitrogens with two attached hydrogens (primary N) is 3. The number of nitrogens with zero attached hydrogens (tertiary/aromatic N) is 1. The fraction of sp³-hybridized carbons (Fsp3) is 0.447. The summed E-state index contributed by atoms with van der Waals surface area (Å²) in [5.74, 6) is -7.46. The van der Waals surface area contributed by atoms with Crippen molar-refractivity contribution in [1.29, 1.82) is 0 Å². The van der Waals surface area contributed by atoms with Crippen LogP contribution in [0, 0.1) is 5.92 Å². The Morgan fingerprint density at radius 1 is 0.684 bits per heavy atom. The van der Waals surface area contributed by atoms with Crippen LogP contribution < -0.4 is 43.8 Å². The number of guanidine groups is 1. The second-order valence-corrected chi connectivity index (χ2v) is 13.6. The maximum atomic E-state index is 13.6. The number of ketones is 1. The number of aliphatic carboxylic acids is 1. The highest BCUT2D eigenvalue weighted by atomic mass is 16.5. The Kier molecular flexibility index (Phi) is 19.7. The number of benzene rings is 2. The molecule has 19 nitrogen and oxygen atoms in total. The van der Waals surface area contributed by atoms with Crippen LogP contribution in [0.1, 0.15) is 64.0 Å². The van der Waals surface area contributed by atoms with E-state index in [2.05, 4.69) is 31.6 Å². The number of carboxylic acids is 1. The van der Waals surface area contributed by atoms with Gasteiger partial charge in [-0.3, -0.25) is 38.6 Å². The van der Waals surface area contributed by atoms with Crippen molar-refractivity contribution in [3.63, 3.8) is 0 Å². The zero-order chi connectivity index (χ0) is 42.5. The third-order valence-electron chi connectivity index (χ3n) is 8.29. The first kappa shape index (κ1) is 46.6. The van der Waals surface area contributed by atoms with E-state index in [0.29, 0.717) is 5.56 Å². The van der Waals surface area contributed by atoms with Crippen molar-refractivity contribution < 1.29 is 48.2 Å². The molecule has 12 N–H and O–H groups in total. The Bertz CT molecular complexity index is 1720. The molecule has 19 heteroatoms. The molecule has 0 spiro atoms. The Morgan fingerprint density at radius 3 is 1.81 bits per heavy atom. The monoisotopic (exact) mass is 795 g/mol. The van der Waals surface area contributed by atoms with E-state index < -0.39 is 90.4 Å². The van der Waals surface area contributed by atoms with E-state index in [1.807, 2.05) is 19.9 Å². The molecule has 2 aromatic carbocycles. The third kappa shape index (κ3) is 18.1. The largest absolute Gasteiger partial charge is 0.481 e. The van der Waals surface area contributed by atoms with E-state index in [0.717, 1.165) is 5.56 Å². The van der Waals surface area contributed by atoms with E-state index in [4.69, 9.17) is 21.9 Å². The number of carboxylic acid groups (broad SMARTS) is 1. The van der Waals surface area contributed by atoms with Crippen molar-refractivity contribution in [3.8, 4) is 0 Å². The van der Waals surface area contributed by atoms with Gasteiger partial charge in [0.25, 0.3) is 5.91 Å². The highest BCUT2D eigenvalue weighted by Gasteiger charge is 2.33. The summed E-state index contributed by atoms with van der Waals surface area (Å²) >= 11 is 0. The Hall–Kier alpha value is -6.53. The molecule has 57 heavy (non-hydrogen) atoms. The lowest BCUT2D eigenvalue weighted by Gasteiger charge is -2.25. The minimum absolute atomic E-state index is 0.0271.